The second-order valence-electron chi connectivity index (χ2n) is 19.1. The van der Waals surface area contributed by atoms with Crippen LogP contribution >= 0.6 is 0 Å². The molecule has 1 aliphatic carbocycles. The van der Waals surface area contributed by atoms with Gasteiger partial charge in [0.1, 0.15) is 23.5 Å². The molecule has 400 valence electrons. The molecule has 7 rings (SSSR count). The molecule has 0 radical (unpaired) electrons. The molecule has 0 atom stereocenters. The van der Waals surface area contributed by atoms with Crippen molar-refractivity contribution in [2.75, 3.05) is 46.4 Å². The van der Waals surface area contributed by atoms with E-state index in [4.69, 9.17) is 29.2 Å². The largest absolute Gasteiger partial charge is 0.492 e. The Hall–Kier alpha value is -7.22. The van der Waals surface area contributed by atoms with Crippen LogP contribution in [0.1, 0.15) is 86.1 Å². The summed E-state index contributed by atoms with van der Waals surface area (Å²) in [5.74, 6) is -1.90. The number of rotatable bonds is 19. The van der Waals surface area contributed by atoms with Gasteiger partial charge < -0.3 is 24.7 Å². The normalized spacial score (nSPS) is 18.1. The molecule has 22 nitrogen and oxygen atoms in total. The minimum atomic E-state index is -4.27. The predicted octanol–water partition coefficient (Wildman–Crippen LogP) is 5.48. The molecule has 3 aliphatic heterocycles. The zero-order chi connectivity index (χ0) is 54.8. The van der Waals surface area contributed by atoms with Crippen LogP contribution in [0.2, 0.25) is 0 Å². The molecule has 0 unspecified atom stereocenters. The summed E-state index contributed by atoms with van der Waals surface area (Å²) in [5.41, 5.74) is 3.21. The molecule has 0 spiro atoms. The summed E-state index contributed by atoms with van der Waals surface area (Å²) in [4.78, 5) is 67.1. The van der Waals surface area contributed by atoms with Crippen molar-refractivity contribution >= 4 is 55.4 Å². The topological polar surface area (TPSA) is 281 Å². The van der Waals surface area contributed by atoms with Crippen LogP contribution in [0.3, 0.4) is 0 Å². The third kappa shape index (κ3) is 12.5. The van der Waals surface area contributed by atoms with E-state index in [1.54, 1.807) is 46.1 Å². The van der Waals surface area contributed by atoms with E-state index in [1.807, 2.05) is 52.0 Å². The van der Waals surface area contributed by atoms with E-state index in [0.717, 1.165) is 33.4 Å². The van der Waals surface area contributed by atoms with E-state index >= 15 is 0 Å². The second kappa shape index (κ2) is 21.9. The van der Waals surface area contributed by atoms with Crippen LogP contribution in [0.15, 0.2) is 129 Å². The van der Waals surface area contributed by atoms with Gasteiger partial charge >= 0.3 is 11.8 Å². The lowest BCUT2D eigenvalue weighted by molar-refractivity contribution is -0.684. The molecule has 0 saturated carbocycles. The summed E-state index contributed by atoms with van der Waals surface area (Å²) < 4.78 is 74.7. The molecular weight excluding hydrogens is 1010 g/mol. The number of nitrogens with zero attached hydrogens (tertiary/aromatic N) is 7. The minimum Gasteiger partial charge on any atom is -0.492 e. The third-order valence-electron chi connectivity index (χ3n) is 13.2. The molecule has 5 heterocycles. The SMILES string of the molecule is CON(C)C(=O)C1=CN(CCCS(=O)(=O)O)C2=NC(=CC=C3CCCC(C=CC4=Nc5c(cc(C(=O)N(C)OC)c[n+]5CCCS(=O)(=O)O)C4(C)C)=C3Oc3ccc(C(=O)On4c(O)ccc4O)cc3)C(C)(C)C2=C1. The second-order valence-corrected chi connectivity index (χ2v) is 22.2. The first kappa shape index (κ1) is 55.5. The molecule has 4 aliphatic rings. The number of ether oxygens (including phenoxy) is 1. The Morgan fingerprint density at radius 2 is 1.45 bits per heavy atom. The quantitative estimate of drug-likeness (QED) is 0.0657. The highest BCUT2D eigenvalue weighted by atomic mass is 32.2. The van der Waals surface area contributed by atoms with Crippen LogP contribution in [0, 0.1) is 5.41 Å². The number of amidine groups is 1. The lowest BCUT2D eigenvalue weighted by atomic mass is 9.80. The van der Waals surface area contributed by atoms with Gasteiger partial charge in [-0.25, -0.2) is 24.5 Å². The number of carbonyl (C=O) groups excluding carboxylic acids is 3. The monoisotopic (exact) mass is 1070 g/mol. The maximum atomic E-state index is 13.4. The minimum absolute atomic E-state index is 0.0382. The zero-order valence-corrected chi connectivity index (χ0v) is 44.3. The number of amides is 2. The molecule has 0 saturated heterocycles. The van der Waals surface area contributed by atoms with Crippen molar-refractivity contribution < 1.29 is 74.4 Å². The average Bonchev–Trinajstić information content (AvgIpc) is 3.92. The van der Waals surface area contributed by atoms with Crippen LogP contribution in [-0.2, 0) is 46.7 Å². The highest BCUT2D eigenvalue weighted by molar-refractivity contribution is 7.86. The van der Waals surface area contributed by atoms with Gasteiger partial charge in [0.25, 0.3) is 32.1 Å². The Kier molecular flexibility index (Phi) is 16.2. The van der Waals surface area contributed by atoms with Gasteiger partial charge in [0, 0.05) is 56.4 Å². The highest BCUT2D eigenvalue weighted by Crippen LogP contribution is 2.46. The molecule has 1 aromatic carbocycles. The van der Waals surface area contributed by atoms with Crippen LogP contribution in [0.5, 0.6) is 17.5 Å². The summed E-state index contributed by atoms with van der Waals surface area (Å²) >= 11 is 0. The number of aromatic hydroxyl groups is 2. The summed E-state index contributed by atoms with van der Waals surface area (Å²) in [6, 6.07) is 10.1. The summed E-state index contributed by atoms with van der Waals surface area (Å²) in [6.45, 7) is 8.03. The van der Waals surface area contributed by atoms with E-state index < -0.39 is 72.1 Å². The van der Waals surface area contributed by atoms with Crippen LogP contribution in [0.25, 0.3) is 0 Å². The number of hydroxylamine groups is 4. The van der Waals surface area contributed by atoms with Gasteiger partial charge in [-0.1, -0.05) is 26.0 Å². The number of hydrogen-bond acceptors (Lipinski definition) is 16. The van der Waals surface area contributed by atoms with Crippen molar-refractivity contribution in [2.45, 2.75) is 71.8 Å². The number of pyridine rings is 1. The fourth-order valence-electron chi connectivity index (χ4n) is 8.78. The number of allylic oxidation sites excluding steroid dienone is 7. The Labute approximate surface area is 434 Å². The third-order valence-corrected chi connectivity index (χ3v) is 14.8. The summed E-state index contributed by atoms with van der Waals surface area (Å²) in [5, 5.41) is 22.2. The van der Waals surface area contributed by atoms with Gasteiger partial charge in [-0.05, 0) is 104 Å². The number of likely N-dealkylation sites (N-methyl/N-ethyl adjacent to an activating group) is 1. The van der Waals surface area contributed by atoms with Crippen molar-refractivity contribution in [3.63, 3.8) is 0 Å². The maximum Gasteiger partial charge on any atom is 0.363 e. The molecule has 4 N–H and O–H groups in total. The summed E-state index contributed by atoms with van der Waals surface area (Å²) in [6.07, 6.45) is 14.3. The van der Waals surface area contributed by atoms with Gasteiger partial charge in [-0.3, -0.25) is 28.4 Å². The molecular formula is C51H60N7O15S2+. The van der Waals surface area contributed by atoms with Crippen LogP contribution in [-0.4, -0.2) is 132 Å². The molecule has 2 amide bonds. The number of aromatic nitrogens is 2. The molecule has 24 heteroatoms. The van der Waals surface area contributed by atoms with Crippen LogP contribution in [0.4, 0.5) is 5.82 Å². The first-order valence-electron chi connectivity index (χ1n) is 23.7. The Balaban J connectivity index is 1.29. The fourth-order valence-corrected chi connectivity index (χ4v) is 9.77. The fraction of sp³-hybridized carbons (Fsp3) is 0.373. The highest BCUT2D eigenvalue weighted by Gasteiger charge is 2.44. The summed E-state index contributed by atoms with van der Waals surface area (Å²) in [7, 11) is -2.88. The lowest BCUT2D eigenvalue weighted by Gasteiger charge is -2.31. The molecule has 75 heavy (non-hydrogen) atoms. The van der Waals surface area contributed by atoms with E-state index in [0.29, 0.717) is 69.7 Å². The molecule has 0 fully saturated rings. The van der Waals surface area contributed by atoms with Gasteiger partial charge in [-0.15, -0.1) is 4.73 Å². The van der Waals surface area contributed by atoms with Gasteiger partial charge in [0.15, 0.2) is 5.71 Å². The van der Waals surface area contributed by atoms with E-state index in [-0.39, 0.29) is 42.6 Å². The number of fused-ring (bicyclic) bond motifs is 2. The molecule has 0 bridgehead atoms. The number of aryl methyl sites for hydroxylation is 1. The smallest absolute Gasteiger partial charge is 0.363 e. The maximum absolute atomic E-state index is 13.4. The zero-order valence-electron chi connectivity index (χ0n) is 42.7. The van der Waals surface area contributed by atoms with Crippen molar-refractivity contribution in [3.8, 4) is 17.5 Å². The van der Waals surface area contributed by atoms with Gasteiger partial charge in [0.05, 0.1) is 65.6 Å². The Morgan fingerprint density at radius 1 is 0.813 bits per heavy atom. The van der Waals surface area contributed by atoms with Crippen molar-refractivity contribution in [2.24, 2.45) is 15.4 Å². The lowest BCUT2D eigenvalue weighted by Crippen LogP contribution is -2.38. The van der Waals surface area contributed by atoms with E-state index in [9.17, 15) is 50.5 Å². The van der Waals surface area contributed by atoms with Crippen molar-refractivity contribution in [1.29, 1.82) is 0 Å². The van der Waals surface area contributed by atoms with E-state index in [1.165, 1.54) is 40.4 Å². The predicted molar refractivity (Wildman–Crippen MR) is 274 cm³/mol. The molecule has 3 aromatic rings. The number of hydrogen-bond donors (Lipinski definition) is 4. The van der Waals surface area contributed by atoms with Crippen LogP contribution < -0.4 is 14.1 Å². The van der Waals surface area contributed by atoms with E-state index in [2.05, 4.69) is 0 Å². The number of carbonyl (C=O) groups is 3. The van der Waals surface area contributed by atoms with Crippen molar-refractivity contribution in [3.05, 3.63) is 136 Å². The Bertz CT molecular complexity index is 3270. The standard InChI is InChI=1S/C51H59N7O15S2/c1-50(2)38-28-35(47(61)54(5)70-7)30-56(24-10-26-74(64,65)66)45(38)52-40(50)20-16-32-12-9-13-33(44(32)72-37-18-14-34(15-19-37)49(63)73-58-42(59)22-23-43(58)60)17-21-41-51(3,4)39-29-36(48(62)55(6)71-8)31-57(46(39)53-41)25-11-27-75(67,68)69/h14-23,28-31H,9-13,24-27H2,1-8H3,(H3-,59,60,64,65,66,67,68,69)/p+1. The Morgan fingerprint density at radius 3 is 2.09 bits per heavy atom. The van der Waals surface area contributed by atoms with Gasteiger partial charge in [0.2, 0.25) is 11.8 Å². The number of aliphatic imine (C=N–C) groups is 2. The first-order valence-corrected chi connectivity index (χ1v) is 26.9. The van der Waals surface area contributed by atoms with Crippen molar-refractivity contribution in [1.82, 2.24) is 19.8 Å². The number of benzene rings is 1. The van der Waals surface area contributed by atoms with Gasteiger partial charge in [-0.2, -0.15) is 16.8 Å². The average molecular weight is 1080 g/mol. The molecule has 2 aromatic heterocycles. The first-order chi connectivity index (χ1) is 35.2.